The molecular weight excluding hydrogens is 503 g/mol. The quantitative estimate of drug-likeness (QED) is 0.237. The number of aromatic nitrogens is 2. The molecule has 0 radical (unpaired) electrons. The normalized spacial score (nSPS) is 10.8. The molecule has 164 valence electrons. The van der Waals surface area contributed by atoms with Gasteiger partial charge >= 0.3 is 0 Å². The fraction of sp³-hybridized carbons (Fsp3) is 0.261. The van der Waals surface area contributed by atoms with Gasteiger partial charge in [0.15, 0.2) is 5.96 Å². The maximum atomic E-state index is 11.8. The van der Waals surface area contributed by atoms with Crippen LogP contribution in [-0.2, 0) is 19.5 Å². The van der Waals surface area contributed by atoms with E-state index >= 15 is 0 Å². The first-order chi connectivity index (χ1) is 14.7. The molecule has 0 fully saturated rings. The number of carbonyl (C=O) groups is 1. The summed E-state index contributed by atoms with van der Waals surface area (Å²) < 4.78 is 1.93. The third-order valence-corrected chi connectivity index (χ3v) is 4.68. The Morgan fingerprint density at radius 3 is 2.55 bits per heavy atom. The molecule has 0 spiro atoms. The summed E-state index contributed by atoms with van der Waals surface area (Å²) in [5, 5.41) is 13.7. The van der Waals surface area contributed by atoms with Gasteiger partial charge in [0.25, 0.3) is 5.91 Å². The molecule has 3 aromatic rings. The SMILES string of the molecule is CN=C(NCCc1cccc(C(=O)NC)c1)NCc1cnn(Cc2ccccc2)c1.I. The molecule has 1 amide bonds. The Morgan fingerprint density at radius 2 is 1.81 bits per heavy atom. The first kappa shape index (κ1) is 24.4. The highest BCUT2D eigenvalue weighted by Crippen LogP contribution is 2.06. The predicted octanol–water partition coefficient (Wildman–Crippen LogP) is 2.82. The molecule has 3 rings (SSSR count). The molecule has 0 atom stereocenters. The number of hydrogen-bond donors (Lipinski definition) is 3. The van der Waals surface area contributed by atoms with E-state index in [0.717, 1.165) is 30.1 Å². The average molecular weight is 532 g/mol. The summed E-state index contributed by atoms with van der Waals surface area (Å²) in [5.41, 5.74) is 4.08. The second-order valence-electron chi connectivity index (χ2n) is 6.91. The van der Waals surface area contributed by atoms with Crippen molar-refractivity contribution in [3.8, 4) is 0 Å². The van der Waals surface area contributed by atoms with Crippen molar-refractivity contribution in [2.24, 2.45) is 4.99 Å². The van der Waals surface area contributed by atoms with Crippen molar-refractivity contribution in [1.29, 1.82) is 0 Å². The van der Waals surface area contributed by atoms with Crippen molar-refractivity contribution in [2.75, 3.05) is 20.6 Å². The molecule has 7 nitrogen and oxygen atoms in total. The van der Waals surface area contributed by atoms with Crippen LogP contribution in [-0.4, -0.2) is 42.3 Å². The van der Waals surface area contributed by atoms with Gasteiger partial charge in [-0.3, -0.25) is 14.5 Å². The van der Waals surface area contributed by atoms with E-state index in [-0.39, 0.29) is 29.9 Å². The van der Waals surface area contributed by atoms with Crippen molar-refractivity contribution < 1.29 is 4.79 Å². The van der Waals surface area contributed by atoms with Crippen LogP contribution in [0, 0.1) is 0 Å². The third kappa shape index (κ3) is 7.71. The number of guanidine groups is 1. The fourth-order valence-corrected chi connectivity index (χ4v) is 3.10. The minimum atomic E-state index is -0.0740. The van der Waals surface area contributed by atoms with E-state index in [1.807, 2.05) is 59.5 Å². The summed E-state index contributed by atoms with van der Waals surface area (Å²) in [5.74, 6) is 0.656. The number of benzene rings is 2. The number of amides is 1. The van der Waals surface area contributed by atoms with E-state index in [4.69, 9.17) is 0 Å². The van der Waals surface area contributed by atoms with E-state index < -0.39 is 0 Å². The highest BCUT2D eigenvalue weighted by Gasteiger charge is 2.05. The molecule has 0 aliphatic rings. The largest absolute Gasteiger partial charge is 0.356 e. The minimum Gasteiger partial charge on any atom is -0.356 e. The van der Waals surface area contributed by atoms with E-state index in [2.05, 4.69) is 38.2 Å². The van der Waals surface area contributed by atoms with Crippen LogP contribution in [0.2, 0.25) is 0 Å². The van der Waals surface area contributed by atoms with Gasteiger partial charge in [-0.25, -0.2) is 0 Å². The molecule has 1 aromatic heterocycles. The number of rotatable bonds is 8. The predicted molar refractivity (Wildman–Crippen MR) is 135 cm³/mol. The van der Waals surface area contributed by atoms with E-state index in [9.17, 15) is 4.79 Å². The summed E-state index contributed by atoms with van der Waals surface area (Å²) in [6, 6.07) is 17.9. The summed E-state index contributed by atoms with van der Waals surface area (Å²) in [4.78, 5) is 16.0. The van der Waals surface area contributed by atoms with E-state index in [1.165, 1.54) is 5.56 Å². The van der Waals surface area contributed by atoms with Crippen molar-refractivity contribution in [3.05, 3.63) is 89.2 Å². The van der Waals surface area contributed by atoms with Crippen LogP contribution in [0.15, 0.2) is 72.0 Å². The Balaban J connectivity index is 0.00000341. The maximum Gasteiger partial charge on any atom is 0.251 e. The van der Waals surface area contributed by atoms with Gasteiger partial charge in [0.2, 0.25) is 0 Å². The number of hydrogen-bond acceptors (Lipinski definition) is 3. The molecule has 0 aliphatic heterocycles. The lowest BCUT2D eigenvalue weighted by atomic mass is 10.1. The molecule has 0 aliphatic carbocycles. The number of carbonyl (C=O) groups excluding carboxylic acids is 1. The first-order valence-corrected chi connectivity index (χ1v) is 9.98. The first-order valence-electron chi connectivity index (χ1n) is 9.98. The van der Waals surface area contributed by atoms with Crippen LogP contribution in [0.3, 0.4) is 0 Å². The standard InChI is InChI=1S/C23H28N6O.HI/c1-24-22(30)21-10-6-9-18(13-21)11-12-26-23(25-2)27-14-20-15-28-29(17-20)16-19-7-4-3-5-8-19;/h3-10,13,15,17H,11-12,14,16H2,1-2H3,(H,24,30)(H2,25,26,27);1H. The number of halogens is 1. The Labute approximate surface area is 200 Å². The van der Waals surface area contributed by atoms with Gasteiger partial charge in [-0.15, -0.1) is 24.0 Å². The lowest BCUT2D eigenvalue weighted by Crippen LogP contribution is -2.37. The smallest absolute Gasteiger partial charge is 0.251 e. The highest BCUT2D eigenvalue weighted by atomic mass is 127. The Bertz CT molecular complexity index is 986. The summed E-state index contributed by atoms with van der Waals surface area (Å²) in [7, 11) is 3.39. The van der Waals surface area contributed by atoms with Gasteiger partial charge in [-0.05, 0) is 29.7 Å². The monoisotopic (exact) mass is 532 g/mol. The van der Waals surface area contributed by atoms with Crippen LogP contribution >= 0.6 is 24.0 Å². The van der Waals surface area contributed by atoms with Crippen molar-refractivity contribution in [2.45, 2.75) is 19.5 Å². The molecule has 0 saturated heterocycles. The average Bonchev–Trinajstić information content (AvgIpc) is 3.23. The molecule has 3 N–H and O–H groups in total. The summed E-state index contributed by atoms with van der Waals surface area (Å²) in [6.07, 6.45) is 4.70. The third-order valence-electron chi connectivity index (χ3n) is 4.68. The number of aliphatic imine (C=N–C) groups is 1. The van der Waals surface area contributed by atoms with Crippen LogP contribution < -0.4 is 16.0 Å². The number of nitrogens with zero attached hydrogens (tertiary/aromatic N) is 3. The lowest BCUT2D eigenvalue weighted by molar-refractivity contribution is 0.0963. The van der Waals surface area contributed by atoms with Crippen molar-refractivity contribution >= 4 is 35.8 Å². The molecular formula is C23H29IN6O. The fourth-order valence-electron chi connectivity index (χ4n) is 3.10. The molecule has 1 heterocycles. The van der Waals surface area contributed by atoms with E-state index in [0.29, 0.717) is 18.7 Å². The minimum absolute atomic E-state index is 0. The molecule has 8 heteroatoms. The summed E-state index contributed by atoms with van der Waals surface area (Å²) in [6.45, 7) is 2.10. The van der Waals surface area contributed by atoms with Gasteiger partial charge in [0.1, 0.15) is 0 Å². The van der Waals surface area contributed by atoms with Crippen LogP contribution in [0.1, 0.15) is 27.0 Å². The Morgan fingerprint density at radius 1 is 1.03 bits per heavy atom. The van der Waals surface area contributed by atoms with Gasteiger partial charge < -0.3 is 16.0 Å². The number of nitrogens with one attached hydrogen (secondary N) is 3. The van der Waals surface area contributed by atoms with Crippen LogP contribution in [0.4, 0.5) is 0 Å². The lowest BCUT2D eigenvalue weighted by Gasteiger charge is -2.11. The van der Waals surface area contributed by atoms with Crippen molar-refractivity contribution in [1.82, 2.24) is 25.7 Å². The molecule has 2 aromatic carbocycles. The molecule has 31 heavy (non-hydrogen) atoms. The van der Waals surface area contributed by atoms with Gasteiger partial charge in [0.05, 0.1) is 12.7 Å². The Kier molecular flexibility index (Phi) is 10.0. The summed E-state index contributed by atoms with van der Waals surface area (Å²) >= 11 is 0. The highest BCUT2D eigenvalue weighted by molar-refractivity contribution is 14.0. The molecule has 0 bridgehead atoms. The van der Waals surface area contributed by atoms with Crippen molar-refractivity contribution in [3.63, 3.8) is 0 Å². The second-order valence-corrected chi connectivity index (χ2v) is 6.91. The van der Waals surface area contributed by atoms with Gasteiger partial charge in [-0.2, -0.15) is 5.10 Å². The molecule has 0 unspecified atom stereocenters. The van der Waals surface area contributed by atoms with Gasteiger partial charge in [0, 0.05) is 44.5 Å². The zero-order valence-electron chi connectivity index (χ0n) is 17.8. The zero-order valence-corrected chi connectivity index (χ0v) is 20.2. The van der Waals surface area contributed by atoms with Crippen LogP contribution in [0.25, 0.3) is 0 Å². The van der Waals surface area contributed by atoms with E-state index in [1.54, 1.807) is 14.1 Å². The second kappa shape index (κ2) is 12.7. The zero-order chi connectivity index (χ0) is 21.2. The van der Waals surface area contributed by atoms with Gasteiger partial charge in [-0.1, -0.05) is 42.5 Å². The van der Waals surface area contributed by atoms with Crippen LogP contribution in [0.5, 0.6) is 0 Å². The Hall–Kier alpha value is -2.88. The topological polar surface area (TPSA) is 83.3 Å². The maximum absolute atomic E-state index is 11.8. The molecule has 0 saturated carbocycles.